The lowest BCUT2D eigenvalue weighted by atomic mass is 9.63. The molecule has 6 atom stereocenters. The van der Waals surface area contributed by atoms with E-state index < -0.39 is 0 Å². The maximum absolute atomic E-state index is 13.2. The number of rotatable bonds is 3. The van der Waals surface area contributed by atoms with Crippen LogP contribution >= 0.6 is 0 Å². The first-order valence-electron chi connectivity index (χ1n) is 10.2. The van der Waals surface area contributed by atoms with Gasteiger partial charge in [0.25, 0.3) is 0 Å². The fourth-order valence-electron chi connectivity index (χ4n) is 5.98. The molecule has 1 aromatic carbocycles. The number of carbonyl (C=O) groups excluding carboxylic acids is 2. The van der Waals surface area contributed by atoms with Gasteiger partial charge >= 0.3 is 0 Å². The second-order valence-corrected chi connectivity index (χ2v) is 8.72. The van der Waals surface area contributed by atoms with Crippen molar-refractivity contribution in [1.82, 2.24) is 4.90 Å². The van der Waals surface area contributed by atoms with E-state index in [2.05, 4.69) is 29.2 Å². The summed E-state index contributed by atoms with van der Waals surface area (Å²) in [6.45, 7) is 4.36. The van der Waals surface area contributed by atoms with Crippen molar-refractivity contribution in [2.24, 2.45) is 35.5 Å². The number of ether oxygens (including phenoxy) is 1. The highest BCUT2D eigenvalue weighted by Crippen LogP contribution is 2.65. The van der Waals surface area contributed by atoms with Gasteiger partial charge in [-0.2, -0.15) is 0 Å². The van der Waals surface area contributed by atoms with E-state index in [4.69, 9.17) is 4.74 Å². The predicted molar refractivity (Wildman–Crippen MR) is 99.7 cm³/mol. The molecule has 0 radical (unpaired) electrons. The standard InChI is InChI=1S/C22H24N2O3/c25-21-19-15-5-6-16(18-11-17(15)18)20(19)22(26)24(21)14-3-1-13(2-4-14)12-23-7-9-27-10-8-23/h1-6,15-20H,7-12H2/t15-,16-,17-,18+,19+,20-/m1/s1. The lowest BCUT2D eigenvalue weighted by Crippen LogP contribution is -2.40. The van der Waals surface area contributed by atoms with Gasteiger partial charge in [0.1, 0.15) is 0 Å². The molecule has 0 N–H and O–H groups in total. The minimum absolute atomic E-state index is 0.0237. The van der Waals surface area contributed by atoms with Crippen molar-refractivity contribution in [3.63, 3.8) is 0 Å². The van der Waals surface area contributed by atoms with Crippen molar-refractivity contribution in [2.75, 3.05) is 31.2 Å². The van der Waals surface area contributed by atoms with Crippen LogP contribution in [0.5, 0.6) is 0 Å². The molecule has 2 amide bonds. The summed E-state index contributed by atoms with van der Waals surface area (Å²) in [7, 11) is 0. The Morgan fingerprint density at radius 2 is 1.48 bits per heavy atom. The Labute approximate surface area is 159 Å². The quantitative estimate of drug-likeness (QED) is 0.609. The maximum Gasteiger partial charge on any atom is 0.238 e. The van der Waals surface area contributed by atoms with Gasteiger partial charge in [-0.3, -0.25) is 19.4 Å². The molecule has 2 saturated heterocycles. The zero-order valence-electron chi connectivity index (χ0n) is 15.3. The van der Waals surface area contributed by atoms with E-state index in [1.54, 1.807) is 0 Å². The first-order valence-corrected chi connectivity index (χ1v) is 10.2. The van der Waals surface area contributed by atoms with Gasteiger partial charge in [0, 0.05) is 19.6 Å². The zero-order chi connectivity index (χ0) is 18.1. The summed E-state index contributed by atoms with van der Waals surface area (Å²) in [5, 5.41) is 0. The topological polar surface area (TPSA) is 49.9 Å². The number of hydrogen-bond donors (Lipinski definition) is 0. The van der Waals surface area contributed by atoms with Crippen LogP contribution < -0.4 is 4.90 Å². The SMILES string of the molecule is O=C1[C@@H]2[C@@H]3C=C[C@H]([C@H]4C[C@@H]34)[C@@H]2C(=O)N1c1ccc(CN2CCOCC2)cc1. The molecule has 2 bridgehead atoms. The summed E-state index contributed by atoms with van der Waals surface area (Å²) in [4.78, 5) is 30.2. The number of imide groups is 1. The third-order valence-corrected chi connectivity index (χ3v) is 7.37. The molecule has 5 nitrogen and oxygen atoms in total. The van der Waals surface area contributed by atoms with Crippen LogP contribution in [0.3, 0.4) is 0 Å². The first-order chi connectivity index (χ1) is 13.2. The highest BCUT2D eigenvalue weighted by molar-refractivity contribution is 6.22. The average Bonchev–Trinajstić information content (AvgIpc) is 3.48. The summed E-state index contributed by atoms with van der Waals surface area (Å²) in [6, 6.07) is 7.99. The Morgan fingerprint density at radius 3 is 2.07 bits per heavy atom. The van der Waals surface area contributed by atoms with E-state index in [0.29, 0.717) is 11.8 Å². The van der Waals surface area contributed by atoms with Crippen LogP contribution in [-0.2, 0) is 20.9 Å². The summed E-state index contributed by atoms with van der Waals surface area (Å²) in [5.74, 6) is 1.67. The van der Waals surface area contributed by atoms with Gasteiger partial charge in [-0.05, 0) is 47.8 Å². The Balaban J connectivity index is 1.23. The van der Waals surface area contributed by atoms with Crippen LogP contribution in [0.2, 0.25) is 0 Å². The van der Waals surface area contributed by atoms with Crippen molar-refractivity contribution in [1.29, 1.82) is 0 Å². The molecule has 0 spiro atoms. The fourth-order valence-corrected chi connectivity index (χ4v) is 5.98. The van der Waals surface area contributed by atoms with Gasteiger partial charge in [-0.25, -0.2) is 0 Å². The highest BCUT2D eigenvalue weighted by Gasteiger charge is 2.67. The Kier molecular flexibility index (Phi) is 3.42. The van der Waals surface area contributed by atoms with Crippen molar-refractivity contribution in [3.05, 3.63) is 42.0 Å². The van der Waals surface area contributed by atoms with Crippen LogP contribution in [-0.4, -0.2) is 43.0 Å². The smallest absolute Gasteiger partial charge is 0.238 e. The Morgan fingerprint density at radius 1 is 0.889 bits per heavy atom. The van der Waals surface area contributed by atoms with Gasteiger partial charge in [0.05, 0.1) is 30.7 Å². The third kappa shape index (κ3) is 2.31. The normalized spacial score (nSPS) is 39.6. The Hall–Kier alpha value is -1.98. The average molecular weight is 364 g/mol. The van der Waals surface area contributed by atoms with Gasteiger partial charge < -0.3 is 4.74 Å². The van der Waals surface area contributed by atoms with Crippen LogP contribution in [0.1, 0.15) is 12.0 Å². The summed E-state index contributed by atoms with van der Waals surface area (Å²) in [6.07, 6.45) is 5.65. The summed E-state index contributed by atoms with van der Waals surface area (Å²) in [5.41, 5.74) is 1.94. The van der Waals surface area contributed by atoms with Crippen molar-refractivity contribution in [3.8, 4) is 0 Å². The van der Waals surface area contributed by atoms with E-state index in [0.717, 1.165) is 38.5 Å². The molecule has 140 valence electrons. The lowest BCUT2D eigenvalue weighted by Gasteiger charge is -2.37. The number of hydrogen-bond acceptors (Lipinski definition) is 4. The molecule has 7 rings (SSSR count). The molecule has 5 heteroatoms. The lowest BCUT2D eigenvalue weighted by molar-refractivity contribution is -0.124. The van der Waals surface area contributed by atoms with E-state index in [1.807, 2.05) is 12.1 Å². The maximum atomic E-state index is 13.2. The molecule has 2 heterocycles. The van der Waals surface area contributed by atoms with E-state index in [9.17, 15) is 9.59 Å². The van der Waals surface area contributed by atoms with Crippen LogP contribution in [0.4, 0.5) is 5.69 Å². The predicted octanol–water partition coefficient (Wildman–Crippen LogP) is 2.08. The molecule has 2 saturated carbocycles. The number of benzene rings is 1. The number of anilines is 1. The number of allylic oxidation sites excluding steroid dienone is 2. The molecule has 1 aromatic rings. The molecule has 6 aliphatic rings. The van der Waals surface area contributed by atoms with E-state index in [-0.39, 0.29) is 35.5 Å². The first kappa shape index (κ1) is 16.0. The van der Waals surface area contributed by atoms with Crippen LogP contribution in [0.25, 0.3) is 0 Å². The van der Waals surface area contributed by atoms with E-state index in [1.165, 1.54) is 16.9 Å². The van der Waals surface area contributed by atoms with Gasteiger partial charge in [0.2, 0.25) is 11.8 Å². The zero-order valence-corrected chi connectivity index (χ0v) is 15.3. The molecule has 0 aromatic heterocycles. The molecular weight excluding hydrogens is 340 g/mol. The molecule has 27 heavy (non-hydrogen) atoms. The number of nitrogens with zero attached hydrogens (tertiary/aromatic N) is 2. The second-order valence-electron chi connectivity index (χ2n) is 8.72. The molecule has 4 aliphatic carbocycles. The molecule has 0 unspecified atom stereocenters. The minimum Gasteiger partial charge on any atom is -0.379 e. The highest BCUT2D eigenvalue weighted by atomic mass is 16.5. The van der Waals surface area contributed by atoms with E-state index >= 15 is 0 Å². The Bertz CT molecular complexity index is 790. The largest absolute Gasteiger partial charge is 0.379 e. The van der Waals surface area contributed by atoms with Gasteiger partial charge in [0.15, 0.2) is 0 Å². The van der Waals surface area contributed by atoms with Gasteiger partial charge in [-0.1, -0.05) is 24.3 Å². The minimum atomic E-state index is -0.121. The third-order valence-electron chi connectivity index (χ3n) is 7.37. The van der Waals surface area contributed by atoms with Crippen molar-refractivity contribution >= 4 is 17.5 Å². The number of morpholine rings is 1. The monoisotopic (exact) mass is 364 g/mol. The second kappa shape index (κ2) is 5.76. The molecular formula is C22H24N2O3. The summed E-state index contributed by atoms with van der Waals surface area (Å²) < 4.78 is 5.40. The van der Waals surface area contributed by atoms with Crippen LogP contribution in [0.15, 0.2) is 36.4 Å². The van der Waals surface area contributed by atoms with Crippen molar-refractivity contribution < 1.29 is 14.3 Å². The van der Waals surface area contributed by atoms with Crippen molar-refractivity contribution in [2.45, 2.75) is 13.0 Å². The molecule has 4 fully saturated rings. The van der Waals surface area contributed by atoms with Gasteiger partial charge in [-0.15, -0.1) is 0 Å². The van der Waals surface area contributed by atoms with Crippen LogP contribution in [0, 0.1) is 35.5 Å². The number of amides is 2. The fraction of sp³-hybridized carbons (Fsp3) is 0.545. The molecule has 2 aliphatic heterocycles. The number of carbonyl (C=O) groups is 2. The summed E-state index contributed by atoms with van der Waals surface area (Å²) >= 11 is 0.